The van der Waals surface area contributed by atoms with Gasteiger partial charge in [-0.1, -0.05) is 62.1 Å². The van der Waals surface area contributed by atoms with Crippen LogP contribution in [-0.4, -0.2) is 56.1 Å². The number of hydrogen-bond donors (Lipinski definition) is 3. The van der Waals surface area contributed by atoms with Crippen molar-refractivity contribution in [2.45, 2.75) is 56.9 Å². The van der Waals surface area contributed by atoms with Gasteiger partial charge in [0.25, 0.3) is 0 Å². The summed E-state index contributed by atoms with van der Waals surface area (Å²) in [5.74, 6) is -0.273. The second-order valence-corrected chi connectivity index (χ2v) is 14.3. The van der Waals surface area contributed by atoms with Gasteiger partial charge in [-0.3, -0.25) is 9.59 Å². The van der Waals surface area contributed by atoms with E-state index >= 15 is 0 Å². The third-order valence-corrected chi connectivity index (χ3v) is 11.1. The van der Waals surface area contributed by atoms with Gasteiger partial charge in [-0.25, -0.2) is 4.98 Å². The number of benzene rings is 4. The molecule has 1 aromatic heterocycles. The van der Waals surface area contributed by atoms with Crippen LogP contribution in [0.25, 0.3) is 21.8 Å². The van der Waals surface area contributed by atoms with Crippen molar-refractivity contribution in [3.05, 3.63) is 89.5 Å². The molecule has 4 aromatic carbocycles. The van der Waals surface area contributed by atoms with E-state index in [1.165, 1.54) is 14.2 Å². The molecule has 1 unspecified atom stereocenters. The van der Waals surface area contributed by atoms with Crippen LogP contribution in [0.3, 0.4) is 0 Å². The SMILES string of the molecule is COc1cc([C@@H]2c3cc4c(cc3[C@@H](NC(=O)CCCCCCCCNc3c5ccccc5nc5ccccc35)C3COC(=O)[C@@H]32)OCO4)cc(OC)c1O. The average molecular weight is 732 g/mol. The van der Waals surface area contributed by atoms with Crippen LogP contribution in [0.15, 0.2) is 72.8 Å². The fourth-order valence-electron chi connectivity index (χ4n) is 8.45. The minimum atomic E-state index is -0.590. The highest BCUT2D eigenvalue weighted by atomic mass is 16.7. The highest BCUT2D eigenvalue weighted by molar-refractivity contribution is 6.07. The number of aromatic nitrogens is 1. The maximum absolute atomic E-state index is 13.5. The predicted molar refractivity (Wildman–Crippen MR) is 204 cm³/mol. The lowest BCUT2D eigenvalue weighted by atomic mass is 9.65. The van der Waals surface area contributed by atoms with E-state index < -0.39 is 17.9 Å². The molecule has 54 heavy (non-hydrogen) atoms. The number of para-hydroxylation sites is 2. The maximum Gasteiger partial charge on any atom is 0.310 e. The number of fused-ring (bicyclic) bond motifs is 5. The molecule has 1 amide bonds. The Morgan fingerprint density at radius 1 is 0.815 bits per heavy atom. The Bertz CT molecular complexity index is 2130. The first-order valence-electron chi connectivity index (χ1n) is 18.8. The molecule has 3 aliphatic rings. The van der Waals surface area contributed by atoms with E-state index in [0.717, 1.165) is 89.3 Å². The van der Waals surface area contributed by atoms with Crippen LogP contribution in [0.2, 0.25) is 0 Å². The van der Waals surface area contributed by atoms with Gasteiger partial charge in [0.2, 0.25) is 18.4 Å². The predicted octanol–water partition coefficient (Wildman–Crippen LogP) is 7.77. The Balaban J connectivity index is 0.885. The van der Waals surface area contributed by atoms with Crippen molar-refractivity contribution in [1.82, 2.24) is 10.3 Å². The van der Waals surface area contributed by atoms with Crippen molar-refractivity contribution < 1.29 is 38.4 Å². The molecule has 1 saturated heterocycles. The lowest BCUT2D eigenvalue weighted by molar-refractivity contribution is -0.141. The lowest BCUT2D eigenvalue weighted by Gasteiger charge is -2.39. The number of anilines is 1. The van der Waals surface area contributed by atoms with Crippen molar-refractivity contribution in [3.63, 3.8) is 0 Å². The van der Waals surface area contributed by atoms with E-state index in [0.29, 0.717) is 17.9 Å². The Labute approximate surface area is 313 Å². The fraction of sp³-hybridized carbons (Fsp3) is 0.372. The van der Waals surface area contributed by atoms with E-state index in [-0.39, 0.29) is 48.4 Å². The van der Waals surface area contributed by atoms with Gasteiger partial charge < -0.3 is 39.4 Å². The number of pyridine rings is 1. The zero-order valence-electron chi connectivity index (χ0n) is 30.6. The molecule has 3 heterocycles. The molecule has 1 fully saturated rings. The largest absolute Gasteiger partial charge is 0.502 e. The smallest absolute Gasteiger partial charge is 0.310 e. The molecule has 11 heteroatoms. The molecule has 280 valence electrons. The molecule has 0 radical (unpaired) electrons. The number of rotatable bonds is 14. The molecule has 2 aliphatic heterocycles. The number of hydrogen-bond acceptors (Lipinski definition) is 10. The third-order valence-electron chi connectivity index (χ3n) is 11.1. The summed E-state index contributed by atoms with van der Waals surface area (Å²) < 4.78 is 28.1. The number of nitrogens with zero attached hydrogens (tertiary/aromatic N) is 1. The van der Waals surface area contributed by atoms with Gasteiger partial charge in [0.1, 0.15) is 0 Å². The van der Waals surface area contributed by atoms with Crippen molar-refractivity contribution >= 4 is 39.4 Å². The van der Waals surface area contributed by atoms with Crippen LogP contribution in [0, 0.1) is 11.8 Å². The quantitative estimate of drug-likeness (QED) is 0.0590. The first kappa shape index (κ1) is 35.3. The van der Waals surface area contributed by atoms with E-state index in [4.69, 9.17) is 28.7 Å². The number of esters is 1. The molecule has 0 spiro atoms. The minimum absolute atomic E-state index is 0.0610. The number of ether oxygens (including phenoxy) is 5. The summed E-state index contributed by atoms with van der Waals surface area (Å²) in [6.45, 7) is 1.14. The number of phenols is 1. The van der Waals surface area contributed by atoms with Gasteiger partial charge >= 0.3 is 5.97 Å². The number of cyclic esters (lactones) is 1. The highest BCUT2D eigenvalue weighted by Gasteiger charge is 2.53. The summed E-state index contributed by atoms with van der Waals surface area (Å²) in [4.78, 5) is 31.8. The molecule has 11 nitrogen and oxygen atoms in total. The molecule has 1 aliphatic carbocycles. The number of methoxy groups -OCH3 is 2. The Hall–Kier alpha value is -5.71. The van der Waals surface area contributed by atoms with Crippen LogP contribution in [0.5, 0.6) is 28.7 Å². The van der Waals surface area contributed by atoms with Crippen LogP contribution in [0.4, 0.5) is 5.69 Å². The van der Waals surface area contributed by atoms with Gasteiger partial charge in [0.15, 0.2) is 23.0 Å². The summed E-state index contributed by atoms with van der Waals surface area (Å²) in [7, 11) is 2.93. The summed E-state index contributed by atoms with van der Waals surface area (Å²) in [5.41, 5.74) is 5.52. The highest BCUT2D eigenvalue weighted by Crippen LogP contribution is 2.55. The average Bonchev–Trinajstić information content (AvgIpc) is 3.82. The lowest BCUT2D eigenvalue weighted by Crippen LogP contribution is -2.42. The monoisotopic (exact) mass is 731 g/mol. The normalized spacial score (nSPS) is 19.6. The van der Waals surface area contributed by atoms with Gasteiger partial charge in [-0.2, -0.15) is 0 Å². The maximum atomic E-state index is 13.5. The van der Waals surface area contributed by atoms with Crippen molar-refractivity contribution in [3.8, 4) is 28.7 Å². The first-order chi connectivity index (χ1) is 26.4. The Kier molecular flexibility index (Phi) is 10.0. The summed E-state index contributed by atoms with van der Waals surface area (Å²) in [5, 5.41) is 19.9. The number of unbranched alkanes of at least 4 members (excludes halogenated alkanes) is 5. The van der Waals surface area contributed by atoms with Gasteiger partial charge in [0, 0.05) is 35.6 Å². The zero-order valence-corrected chi connectivity index (χ0v) is 30.6. The van der Waals surface area contributed by atoms with E-state index in [9.17, 15) is 14.7 Å². The van der Waals surface area contributed by atoms with Crippen molar-refractivity contribution in [2.75, 3.05) is 39.5 Å². The van der Waals surface area contributed by atoms with Gasteiger partial charge in [-0.05, 0) is 65.9 Å². The first-order valence-corrected chi connectivity index (χ1v) is 18.8. The number of carbonyl (C=O) groups excluding carboxylic acids is 2. The van der Waals surface area contributed by atoms with E-state index in [1.54, 1.807) is 12.1 Å². The molecular weight excluding hydrogens is 686 g/mol. The second kappa shape index (κ2) is 15.3. The molecule has 8 rings (SSSR count). The number of amides is 1. The zero-order chi connectivity index (χ0) is 37.2. The molecule has 5 aromatic rings. The van der Waals surface area contributed by atoms with Gasteiger partial charge in [0.05, 0.1) is 49.5 Å². The summed E-state index contributed by atoms with van der Waals surface area (Å²) >= 11 is 0. The number of phenolic OH excluding ortho intramolecular Hbond substituents is 1. The Morgan fingerprint density at radius 2 is 1.43 bits per heavy atom. The number of carbonyl (C=O) groups is 2. The fourth-order valence-corrected chi connectivity index (χ4v) is 8.45. The third kappa shape index (κ3) is 6.67. The molecule has 0 saturated carbocycles. The van der Waals surface area contributed by atoms with Crippen molar-refractivity contribution in [1.29, 1.82) is 0 Å². The Morgan fingerprint density at radius 3 is 2.09 bits per heavy atom. The van der Waals surface area contributed by atoms with Crippen LogP contribution < -0.4 is 29.6 Å². The second-order valence-electron chi connectivity index (χ2n) is 14.3. The number of aromatic hydroxyl groups is 1. The topological polar surface area (TPSA) is 137 Å². The standard InChI is InChI=1S/C43H45N3O8/c1-50-35-19-25(20-36(51-2)42(35)48)38-28-21-33-34(54-24-53-33)22-29(28)41(30-23-52-43(49)39(30)38)46-37(47)17-7-5-3-4-6-12-18-44-40-26-13-8-10-15-31(26)45-32-16-11-9-14-27(32)40/h8-11,13-16,19-22,30,38-39,41,48H,3-7,12,17-18,23-24H2,1-2H3,(H,44,45)(H,46,47)/t30?,38-,39+,41-/m1/s1. The van der Waals surface area contributed by atoms with E-state index in [2.05, 4.69) is 47.0 Å². The molecular formula is C43H45N3O8. The molecule has 4 atom stereocenters. The van der Waals surface area contributed by atoms with E-state index in [1.807, 2.05) is 24.3 Å². The van der Waals surface area contributed by atoms with Crippen LogP contribution >= 0.6 is 0 Å². The van der Waals surface area contributed by atoms with Gasteiger partial charge in [-0.15, -0.1) is 0 Å². The molecule has 0 bridgehead atoms. The molecule has 3 N–H and O–H groups in total. The summed E-state index contributed by atoms with van der Waals surface area (Å²) in [6.07, 6.45) is 6.44. The van der Waals surface area contributed by atoms with Crippen LogP contribution in [0.1, 0.15) is 73.6 Å². The van der Waals surface area contributed by atoms with Crippen molar-refractivity contribution in [2.24, 2.45) is 11.8 Å². The summed E-state index contributed by atoms with van der Waals surface area (Å²) in [6, 6.07) is 23.3. The number of nitrogens with one attached hydrogen (secondary N) is 2. The minimum Gasteiger partial charge on any atom is -0.502 e. The van der Waals surface area contributed by atoms with Crippen LogP contribution in [-0.2, 0) is 14.3 Å².